The van der Waals surface area contributed by atoms with Crippen LogP contribution in [0, 0.1) is 0 Å². The Hall–Kier alpha value is -0.400. The van der Waals surface area contributed by atoms with Crippen LogP contribution in [0.25, 0.3) is 0 Å². The van der Waals surface area contributed by atoms with E-state index in [1.807, 2.05) is 0 Å². The molecule has 0 rings (SSSR count). The highest BCUT2D eigenvalue weighted by Gasteiger charge is 1.95. The molecule has 10 nitrogen and oxygen atoms in total. The Morgan fingerprint density at radius 3 is 0.808 bits per heavy atom. The van der Waals surface area contributed by atoms with Crippen molar-refractivity contribution in [2.24, 2.45) is 0 Å². The van der Waals surface area contributed by atoms with Gasteiger partial charge >= 0.3 is 0 Å². The lowest BCUT2D eigenvalue weighted by Crippen LogP contribution is -2.14. The van der Waals surface area contributed by atoms with Crippen molar-refractivity contribution in [3.05, 3.63) is 0 Å². The molecule has 0 heterocycles. The minimum absolute atomic E-state index is 0.0221. The molecule has 0 atom stereocenters. The predicted octanol–water partition coefficient (Wildman–Crippen LogP) is -0.981. The SMILES string of the molecule is OCCOCCOCCOCCOOCCOCCOCCOCCO. The third kappa shape index (κ3) is 23.6. The van der Waals surface area contributed by atoms with Crippen LogP contribution < -0.4 is 0 Å². The van der Waals surface area contributed by atoms with Crippen molar-refractivity contribution in [1.29, 1.82) is 0 Å². The molecule has 0 fully saturated rings. The van der Waals surface area contributed by atoms with Gasteiger partial charge in [0.15, 0.2) is 0 Å². The number of hydrogen-bond acceptors (Lipinski definition) is 10. The average Bonchev–Trinajstić information content (AvgIpc) is 2.66. The lowest BCUT2D eigenvalue weighted by molar-refractivity contribution is -0.303. The minimum atomic E-state index is 0.0221. The molecule has 0 radical (unpaired) electrons. The maximum Gasteiger partial charge on any atom is 0.106 e. The zero-order chi connectivity index (χ0) is 19.0. The van der Waals surface area contributed by atoms with Gasteiger partial charge in [0.05, 0.1) is 92.5 Å². The Balaban J connectivity index is 2.95. The fraction of sp³-hybridized carbons (Fsp3) is 1.00. The molecule has 2 N–H and O–H groups in total. The Kier molecular flexibility index (Phi) is 24.2. The second kappa shape index (κ2) is 24.6. The number of rotatable bonds is 23. The molecule has 0 aliphatic rings. The molecule has 0 saturated carbocycles. The summed E-state index contributed by atoms with van der Waals surface area (Å²) in [6.07, 6.45) is 0. The van der Waals surface area contributed by atoms with Crippen molar-refractivity contribution in [2.75, 3.05) is 106 Å². The summed E-state index contributed by atoms with van der Waals surface area (Å²) < 4.78 is 31.2. The summed E-state index contributed by atoms with van der Waals surface area (Å²) >= 11 is 0. The van der Waals surface area contributed by atoms with Gasteiger partial charge in [-0.05, 0) is 0 Å². The van der Waals surface area contributed by atoms with Gasteiger partial charge in [0.25, 0.3) is 0 Å². The smallest absolute Gasteiger partial charge is 0.106 e. The van der Waals surface area contributed by atoms with Crippen molar-refractivity contribution < 1.29 is 48.4 Å². The molecule has 0 aliphatic carbocycles. The first-order valence-electron chi connectivity index (χ1n) is 8.84. The van der Waals surface area contributed by atoms with E-state index >= 15 is 0 Å². The van der Waals surface area contributed by atoms with Crippen LogP contribution in [0.4, 0.5) is 0 Å². The summed E-state index contributed by atoms with van der Waals surface area (Å²) in [7, 11) is 0. The van der Waals surface area contributed by atoms with Gasteiger partial charge in [0.2, 0.25) is 0 Å². The topological polar surface area (TPSA) is 114 Å². The van der Waals surface area contributed by atoms with Gasteiger partial charge in [0.1, 0.15) is 13.2 Å². The number of hydrogen-bond donors (Lipinski definition) is 2. The summed E-state index contributed by atoms with van der Waals surface area (Å²) in [4.78, 5) is 9.86. The first kappa shape index (κ1) is 25.6. The van der Waals surface area contributed by atoms with Gasteiger partial charge < -0.3 is 38.6 Å². The molecule has 0 bridgehead atoms. The lowest BCUT2D eigenvalue weighted by Gasteiger charge is -2.08. The lowest BCUT2D eigenvalue weighted by atomic mass is 10.7. The van der Waals surface area contributed by atoms with Crippen LogP contribution in [0.5, 0.6) is 0 Å². The molecule has 158 valence electrons. The zero-order valence-electron chi connectivity index (χ0n) is 15.5. The van der Waals surface area contributed by atoms with Gasteiger partial charge in [0, 0.05) is 0 Å². The summed E-state index contributed by atoms with van der Waals surface area (Å²) in [6.45, 7) is 5.97. The van der Waals surface area contributed by atoms with E-state index in [0.717, 1.165) is 0 Å². The highest BCUT2D eigenvalue weighted by Crippen LogP contribution is 1.86. The Bertz CT molecular complexity index is 221. The van der Waals surface area contributed by atoms with E-state index in [1.165, 1.54) is 0 Å². The maximum absolute atomic E-state index is 8.50. The largest absolute Gasteiger partial charge is 0.394 e. The van der Waals surface area contributed by atoms with Gasteiger partial charge in [-0.2, -0.15) is 0 Å². The Labute approximate surface area is 155 Å². The Morgan fingerprint density at radius 1 is 0.308 bits per heavy atom. The number of aliphatic hydroxyl groups excluding tert-OH is 2. The van der Waals surface area contributed by atoms with Crippen LogP contribution in [0.15, 0.2) is 0 Å². The predicted molar refractivity (Wildman–Crippen MR) is 91.0 cm³/mol. The number of ether oxygens (including phenoxy) is 6. The van der Waals surface area contributed by atoms with Gasteiger partial charge in [-0.25, -0.2) is 9.78 Å². The van der Waals surface area contributed by atoms with Crippen molar-refractivity contribution >= 4 is 0 Å². The molecule has 0 unspecified atom stereocenters. The van der Waals surface area contributed by atoms with Crippen LogP contribution >= 0.6 is 0 Å². The third-order valence-electron chi connectivity index (χ3n) is 2.66. The molecule has 0 amide bonds. The summed E-state index contributed by atoms with van der Waals surface area (Å²) in [5, 5.41) is 17.0. The summed E-state index contributed by atoms with van der Waals surface area (Å²) in [6, 6.07) is 0. The minimum Gasteiger partial charge on any atom is -0.394 e. The molecule has 0 saturated heterocycles. The molecular weight excluding hydrogens is 352 g/mol. The van der Waals surface area contributed by atoms with E-state index in [-0.39, 0.29) is 13.2 Å². The second-order valence-corrected chi connectivity index (χ2v) is 4.77. The van der Waals surface area contributed by atoms with Gasteiger partial charge in [-0.3, -0.25) is 0 Å². The Morgan fingerprint density at radius 2 is 0.538 bits per heavy atom. The van der Waals surface area contributed by atoms with Crippen LogP contribution in [0.1, 0.15) is 0 Å². The fourth-order valence-electron chi connectivity index (χ4n) is 1.52. The van der Waals surface area contributed by atoms with E-state index in [0.29, 0.717) is 92.5 Å². The zero-order valence-corrected chi connectivity index (χ0v) is 15.5. The first-order valence-corrected chi connectivity index (χ1v) is 8.84. The monoisotopic (exact) mass is 386 g/mol. The quantitative estimate of drug-likeness (QED) is 0.129. The molecule has 0 aliphatic heterocycles. The van der Waals surface area contributed by atoms with Crippen LogP contribution in [-0.4, -0.2) is 116 Å². The van der Waals surface area contributed by atoms with Crippen molar-refractivity contribution in [1.82, 2.24) is 0 Å². The maximum atomic E-state index is 8.50. The van der Waals surface area contributed by atoms with Crippen molar-refractivity contribution in [3.8, 4) is 0 Å². The van der Waals surface area contributed by atoms with Crippen LogP contribution in [-0.2, 0) is 38.2 Å². The van der Waals surface area contributed by atoms with Crippen LogP contribution in [0.2, 0.25) is 0 Å². The van der Waals surface area contributed by atoms with Crippen molar-refractivity contribution in [3.63, 3.8) is 0 Å². The molecule has 10 heteroatoms. The van der Waals surface area contributed by atoms with E-state index in [2.05, 4.69) is 0 Å². The molecule has 26 heavy (non-hydrogen) atoms. The van der Waals surface area contributed by atoms with Gasteiger partial charge in [-0.1, -0.05) is 0 Å². The van der Waals surface area contributed by atoms with Crippen LogP contribution in [0.3, 0.4) is 0 Å². The highest BCUT2D eigenvalue weighted by atomic mass is 17.2. The molecule has 0 aromatic heterocycles. The van der Waals surface area contributed by atoms with E-state index < -0.39 is 0 Å². The first-order chi connectivity index (χ1) is 12.9. The normalized spacial score (nSPS) is 11.3. The standard InChI is InChI=1S/C16H34O10/c17-1-3-19-5-7-21-9-11-23-13-15-25-26-16-14-24-12-10-22-8-6-20-4-2-18/h17-18H,1-16H2. The second-order valence-electron chi connectivity index (χ2n) is 4.77. The molecule has 0 spiro atoms. The molecule has 0 aromatic carbocycles. The molecule has 0 aromatic rings. The van der Waals surface area contributed by atoms with E-state index in [1.54, 1.807) is 0 Å². The van der Waals surface area contributed by atoms with Gasteiger partial charge in [-0.15, -0.1) is 0 Å². The number of aliphatic hydroxyl groups is 2. The average molecular weight is 386 g/mol. The fourth-order valence-corrected chi connectivity index (χ4v) is 1.52. The summed E-state index contributed by atoms with van der Waals surface area (Å²) in [5.74, 6) is 0. The summed E-state index contributed by atoms with van der Waals surface area (Å²) in [5.41, 5.74) is 0. The molecular formula is C16H34O10. The highest BCUT2D eigenvalue weighted by molar-refractivity contribution is 4.35. The van der Waals surface area contributed by atoms with E-state index in [9.17, 15) is 0 Å². The van der Waals surface area contributed by atoms with Crippen molar-refractivity contribution in [2.45, 2.75) is 0 Å². The van der Waals surface area contributed by atoms with E-state index in [4.69, 9.17) is 48.4 Å². The third-order valence-corrected chi connectivity index (χ3v) is 2.66.